The largest absolute Gasteiger partial charge is 0.375 e. The Morgan fingerprint density at radius 3 is 2.49 bits per heavy atom. The normalized spacial score (nSPS) is 12.7. The summed E-state index contributed by atoms with van der Waals surface area (Å²) in [6, 6.07) is 27.0. The number of nitrogen functional groups attached to an aromatic ring is 1. The minimum atomic E-state index is -0.161. The first-order chi connectivity index (χ1) is 18.0. The highest BCUT2D eigenvalue weighted by Gasteiger charge is 2.20. The average molecular weight is 502 g/mol. The molecular formula is C30H23N5OS. The number of aryl methyl sites for hydroxylation is 1. The third-order valence-corrected chi connectivity index (χ3v) is 8.14. The number of rotatable bonds is 3. The molecule has 0 bridgehead atoms. The van der Waals surface area contributed by atoms with Crippen molar-refractivity contribution >= 4 is 59.4 Å². The highest BCUT2D eigenvalue weighted by Crippen LogP contribution is 2.34. The Kier molecular flexibility index (Phi) is 4.71. The van der Waals surface area contributed by atoms with E-state index in [1.54, 1.807) is 10.8 Å². The maximum Gasteiger partial charge on any atom is 0.329 e. The Labute approximate surface area is 216 Å². The van der Waals surface area contributed by atoms with Gasteiger partial charge in [-0.25, -0.2) is 9.78 Å². The van der Waals surface area contributed by atoms with E-state index in [0.29, 0.717) is 5.13 Å². The fourth-order valence-corrected chi connectivity index (χ4v) is 6.08. The van der Waals surface area contributed by atoms with E-state index < -0.39 is 0 Å². The summed E-state index contributed by atoms with van der Waals surface area (Å²) in [5.41, 5.74) is 12.5. The minimum Gasteiger partial charge on any atom is -0.375 e. The molecular weight excluding hydrogens is 478 g/mol. The Bertz CT molecular complexity index is 2070. The van der Waals surface area contributed by atoms with Gasteiger partial charge in [0.15, 0.2) is 5.13 Å². The van der Waals surface area contributed by atoms with Crippen molar-refractivity contribution in [1.82, 2.24) is 19.1 Å². The molecule has 0 saturated carbocycles. The molecule has 0 saturated heterocycles. The van der Waals surface area contributed by atoms with Crippen LogP contribution >= 0.6 is 11.3 Å². The van der Waals surface area contributed by atoms with Gasteiger partial charge in [0.2, 0.25) is 0 Å². The van der Waals surface area contributed by atoms with Gasteiger partial charge < -0.3 is 5.73 Å². The lowest BCUT2D eigenvalue weighted by molar-refractivity contribution is 0.618. The number of aromatic nitrogens is 4. The summed E-state index contributed by atoms with van der Waals surface area (Å²) in [4.78, 5) is 22.7. The molecule has 7 aromatic rings. The molecule has 0 spiro atoms. The van der Waals surface area contributed by atoms with Crippen LogP contribution in [0.25, 0.3) is 54.1 Å². The smallest absolute Gasteiger partial charge is 0.329 e. The van der Waals surface area contributed by atoms with Gasteiger partial charge >= 0.3 is 5.69 Å². The van der Waals surface area contributed by atoms with Crippen LogP contribution in [-0.2, 0) is 7.05 Å². The molecule has 0 amide bonds. The molecule has 0 aliphatic heterocycles. The zero-order chi connectivity index (χ0) is 25.3. The van der Waals surface area contributed by atoms with Crippen molar-refractivity contribution in [2.45, 2.75) is 13.0 Å². The van der Waals surface area contributed by atoms with Crippen LogP contribution in [0.15, 0.2) is 89.9 Å². The maximum absolute atomic E-state index is 13.6. The average Bonchev–Trinajstić information content (AvgIpc) is 3.43. The van der Waals surface area contributed by atoms with Gasteiger partial charge in [-0.05, 0) is 64.7 Å². The first kappa shape index (κ1) is 21.8. The van der Waals surface area contributed by atoms with Gasteiger partial charge in [-0.15, -0.1) is 0 Å². The summed E-state index contributed by atoms with van der Waals surface area (Å²) < 4.78 is 4.64. The minimum absolute atomic E-state index is 0.0584. The van der Waals surface area contributed by atoms with Crippen molar-refractivity contribution in [3.8, 4) is 11.1 Å². The highest BCUT2D eigenvalue weighted by molar-refractivity contribution is 7.22. The van der Waals surface area contributed by atoms with Crippen LogP contribution in [0.2, 0.25) is 0 Å². The summed E-state index contributed by atoms with van der Waals surface area (Å²) in [7, 11) is 1.81. The van der Waals surface area contributed by atoms with Crippen LogP contribution in [0.3, 0.4) is 0 Å². The molecule has 3 aromatic heterocycles. The predicted octanol–water partition coefficient (Wildman–Crippen LogP) is 6.51. The molecule has 7 heteroatoms. The molecule has 2 N–H and O–H groups in total. The molecule has 3 heterocycles. The van der Waals surface area contributed by atoms with E-state index in [0.717, 1.165) is 54.2 Å². The van der Waals surface area contributed by atoms with E-state index in [9.17, 15) is 4.79 Å². The SMILES string of the molecule is C[C@H](c1ccc2ccccc2c1)n1c(=O)n(C)c2cnc3ccc(-c4ccc5nc(N)sc5c4)cc3c21. The molecule has 0 aliphatic rings. The summed E-state index contributed by atoms with van der Waals surface area (Å²) in [5.74, 6) is 0. The van der Waals surface area contributed by atoms with Crippen molar-refractivity contribution in [2.24, 2.45) is 7.05 Å². The lowest BCUT2D eigenvalue weighted by Crippen LogP contribution is -2.25. The van der Waals surface area contributed by atoms with E-state index in [4.69, 9.17) is 5.73 Å². The Morgan fingerprint density at radius 2 is 1.65 bits per heavy atom. The van der Waals surface area contributed by atoms with Crippen molar-refractivity contribution in [3.05, 3.63) is 101 Å². The number of hydrogen-bond donors (Lipinski definition) is 1. The van der Waals surface area contributed by atoms with E-state index in [1.165, 1.54) is 16.7 Å². The monoisotopic (exact) mass is 501 g/mol. The van der Waals surface area contributed by atoms with E-state index in [1.807, 2.05) is 35.9 Å². The van der Waals surface area contributed by atoms with Gasteiger partial charge in [-0.3, -0.25) is 14.1 Å². The van der Waals surface area contributed by atoms with Crippen LogP contribution in [0.1, 0.15) is 18.5 Å². The topological polar surface area (TPSA) is 78.7 Å². The molecule has 180 valence electrons. The number of nitrogens with zero attached hydrogens (tertiary/aromatic N) is 4. The van der Waals surface area contributed by atoms with Gasteiger partial charge in [0.25, 0.3) is 0 Å². The number of thiazole rings is 1. The fourth-order valence-electron chi connectivity index (χ4n) is 5.30. The number of imidazole rings is 1. The van der Waals surface area contributed by atoms with Gasteiger partial charge in [0.05, 0.1) is 39.0 Å². The summed E-state index contributed by atoms with van der Waals surface area (Å²) >= 11 is 1.48. The lowest BCUT2D eigenvalue weighted by atomic mass is 10.0. The zero-order valence-electron chi connectivity index (χ0n) is 20.3. The third kappa shape index (κ3) is 3.35. The summed E-state index contributed by atoms with van der Waals surface area (Å²) in [5, 5.41) is 3.85. The second-order valence-corrected chi connectivity index (χ2v) is 10.5. The summed E-state index contributed by atoms with van der Waals surface area (Å²) in [6.45, 7) is 2.09. The Morgan fingerprint density at radius 1 is 0.892 bits per heavy atom. The van der Waals surface area contributed by atoms with Gasteiger partial charge in [0.1, 0.15) is 0 Å². The molecule has 0 fully saturated rings. The molecule has 7 rings (SSSR count). The van der Waals surface area contributed by atoms with Gasteiger partial charge in [-0.1, -0.05) is 59.9 Å². The van der Waals surface area contributed by atoms with Crippen molar-refractivity contribution < 1.29 is 0 Å². The zero-order valence-corrected chi connectivity index (χ0v) is 21.2. The Hall–Kier alpha value is -4.49. The maximum atomic E-state index is 13.6. The van der Waals surface area contributed by atoms with E-state index >= 15 is 0 Å². The van der Waals surface area contributed by atoms with Crippen molar-refractivity contribution in [1.29, 1.82) is 0 Å². The number of benzene rings is 4. The van der Waals surface area contributed by atoms with E-state index in [2.05, 4.69) is 71.5 Å². The number of pyridine rings is 1. The third-order valence-electron chi connectivity index (χ3n) is 7.30. The van der Waals surface area contributed by atoms with Crippen LogP contribution in [0.4, 0.5) is 5.13 Å². The molecule has 0 aliphatic carbocycles. The van der Waals surface area contributed by atoms with Gasteiger partial charge in [-0.2, -0.15) is 0 Å². The first-order valence-electron chi connectivity index (χ1n) is 12.1. The summed E-state index contributed by atoms with van der Waals surface area (Å²) in [6.07, 6.45) is 1.80. The number of fused-ring (bicyclic) bond motifs is 5. The predicted molar refractivity (Wildman–Crippen MR) is 153 cm³/mol. The van der Waals surface area contributed by atoms with Gasteiger partial charge in [0, 0.05) is 12.4 Å². The molecule has 0 radical (unpaired) electrons. The second kappa shape index (κ2) is 8.01. The van der Waals surface area contributed by atoms with Crippen molar-refractivity contribution in [3.63, 3.8) is 0 Å². The molecule has 0 unspecified atom stereocenters. The van der Waals surface area contributed by atoms with Crippen molar-refractivity contribution in [2.75, 3.05) is 5.73 Å². The van der Waals surface area contributed by atoms with Crippen LogP contribution < -0.4 is 11.4 Å². The number of hydrogen-bond acceptors (Lipinski definition) is 5. The lowest BCUT2D eigenvalue weighted by Gasteiger charge is -2.16. The molecule has 1 atom stereocenters. The molecule has 4 aromatic carbocycles. The first-order valence-corrected chi connectivity index (χ1v) is 12.9. The number of nitrogens with two attached hydrogens (primary N) is 1. The highest BCUT2D eigenvalue weighted by atomic mass is 32.1. The van der Waals surface area contributed by atoms with E-state index in [-0.39, 0.29) is 11.7 Å². The Balaban J connectivity index is 1.46. The van der Waals surface area contributed by atoms with Crippen LogP contribution in [-0.4, -0.2) is 19.1 Å². The van der Waals surface area contributed by atoms with Crippen LogP contribution in [0.5, 0.6) is 0 Å². The standard InChI is InChI=1S/C30H23N5OS/c1-17(19-8-7-18-5-3-4-6-20(18)13-19)35-28-23-14-21(22-10-12-25-27(15-22)37-29(31)33-25)9-11-24(23)32-16-26(28)34(2)30(35)36/h3-17H,1-2H3,(H2,31,33)/t17-/m1/s1. The second-order valence-electron chi connectivity index (χ2n) is 9.45. The fraction of sp³-hybridized carbons (Fsp3) is 0.100. The number of anilines is 1. The quantitative estimate of drug-likeness (QED) is 0.299. The van der Waals surface area contributed by atoms with Crippen LogP contribution in [0, 0.1) is 0 Å². The molecule has 37 heavy (non-hydrogen) atoms. The molecule has 6 nitrogen and oxygen atoms in total.